The smallest absolute Gasteiger partial charge is 0.308 e. The number of anilines is 1. The van der Waals surface area contributed by atoms with Crippen LogP contribution in [0.4, 0.5) is 5.69 Å². The Hall–Kier alpha value is -3.55. The first-order valence-electron chi connectivity index (χ1n) is 8.72. The van der Waals surface area contributed by atoms with Crippen LogP contribution < -0.4 is 20.1 Å². The molecule has 0 saturated heterocycles. The normalized spacial score (nSPS) is 11.6. The molecule has 146 valence electrons. The summed E-state index contributed by atoms with van der Waals surface area (Å²) in [7, 11) is 0. The minimum Gasteiger partial charge on any atom is -0.456 e. The molecule has 1 heterocycles. The Balaban J connectivity index is 1.36. The number of esters is 1. The van der Waals surface area contributed by atoms with Crippen molar-refractivity contribution in [1.29, 1.82) is 0 Å². The van der Waals surface area contributed by atoms with E-state index in [1.807, 2.05) is 19.1 Å². The van der Waals surface area contributed by atoms with E-state index in [9.17, 15) is 14.4 Å². The van der Waals surface area contributed by atoms with Gasteiger partial charge in [-0.1, -0.05) is 18.2 Å². The number of aryl methyl sites for hydroxylation is 1. The number of benzene rings is 2. The van der Waals surface area contributed by atoms with E-state index in [1.165, 1.54) is 0 Å². The molecule has 0 fully saturated rings. The third kappa shape index (κ3) is 5.00. The Kier molecular flexibility index (Phi) is 6.11. The van der Waals surface area contributed by atoms with E-state index >= 15 is 0 Å². The molecular weight excluding hydrogens is 364 g/mol. The lowest BCUT2D eigenvalue weighted by molar-refractivity contribution is -0.147. The molecular formula is C20H20N2O6. The predicted octanol–water partition coefficient (Wildman–Crippen LogP) is 2.03. The molecule has 28 heavy (non-hydrogen) atoms. The number of ether oxygens (including phenoxy) is 3. The van der Waals surface area contributed by atoms with Gasteiger partial charge in [0.25, 0.3) is 11.8 Å². The second-order valence-electron chi connectivity index (χ2n) is 6.10. The summed E-state index contributed by atoms with van der Waals surface area (Å²) in [5.41, 5.74) is 1.91. The highest BCUT2D eigenvalue weighted by molar-refractivity contribution is 5.96. The van der Waals surface area contributed by atoms with Crippen molar-refractivity contribution >= 4 is 23.5 Å². The summed E-state index contributed by atoms with van der Waals surface area (Å²) >= 11 is 0. The van der Waals surface area contributed by atoms with Crippen LogP contribution in [-0.4, -0.2) is 37.7 Å². The van der Waals surface area contributed by atoms with Gasteiger partial charge < -0.3 is 24.8 Å². The van der Waals surface area contributed by atoms with Crippen molar-refractivity contribution in [2.24, 2.45) is 0 Å². The SMILES string of the molecule is Cc1ccccc1C(=O)NCCC(=O)OCC(=O)Nc1ccc2c(c1)OCO2. The van der Waals surface area contributed by atoms with Crippen LogP contribution in [-0.2, 0) is 14.3 Å². The van der Waals surface area contributed by atoms with Gasteiger partial charge in [-0.15, -0.1) is 0 Å². The number of amides is 2. The molecule has 2 N–H and O–H groups in total. The van der Waals surface area contributed by atoms with Crippen LogP contribution in [0.1, 0.15) is 22.3 Å². The van der Waals surface area contributed by atoms with Crippen molar-refractivity contribution in [3.63, 3.8) is 0 Å². The summed E-state index contributed by atoms with van der Waals surface area (Å²) < 4.78 is 15.3. The number of hydrogen-bond donors (Lipinski definition) is 2. The van der Waals surface area contributed by atoms with Crippen LogP contribution in [0, 0.1) is 6.92 Å². The molecule has 3 rings (SSSR count). The lowest BCUT2D eigenvalue weighted by atomic mass is 10.1. The first kappa shape index (κ1) is 19.2. The van der Waals surface area contributed by atoms with E-state index in [4.69, 9.17) is 14.2 Å². The molecule has 8 nitrogen and oxygen atoms in total. The van der Waals surface area contributed by atoms with E-state index in [-0.39, 0.29) is 25.7 Å². The minimum absolute atomic E-state index is 0.0328. The molecule has 0 atom stereocenters. The minimum atomic E-state index is -0.578. The molecule has 0 spiro atoms. The average molecular weight is 384 g/mol. The fraction of sp³-hybridized carbons (Fsp3) is 0.250. The van der Waals surface area contributed by atoms with Gasteiger partial charge in [-0.2, -0.15) is 0 Å². The van der Waals surface area contributed by atoms with E-state index in [0.29, 0.717) is 22.7 Å². The van der Waals surface area contributed by atoms with Crippen molar-refractivity contribution in [2.45, 2.75) is 13.3 Å². The van der Waals surface area contributed by atoms with E-state index < -0.39 is 18.5 Å². The summed E-state index contributed by atoms with van der Waals surface area (Å²) in [6, 6.07) is 12.1. The molecule has 0 radical (unpaired) electrons. The second-order valence-corrected chi connectivity index (χ2v) is 6.10. The fourth-order valence-corrected chi connectivity index (χ4v) is 2.59. The van der Waals surface area contributed by atoms with Crippen LogP contribution in [0.2, 0.25) is 0 Å². The number of hydrogen-bond acceptors (Lipinski definition) is 6. The van der Waals surface area contributed by atoms with E-state index in [2.05, 4.69) is 10.6 Å². The highest BCUT2D eigenvalue weighted by Gasteiger charge is 2.15. The third-order valence-corrected chi connectivity index (χ3v) is 4.02. The lowest BCUT2D eigenvalue weighted by Crippen LogP contribution is -2.28. The van der Waals surface area contributed by atoms with Gasteiger partial charge in [0, 0.05) is 23.9 Å². The summed E-state index contributed by atoms with van der Waals surface area (Å²) in [6.45, 7) is 1.68. The van der Waals surface area contributed by atoms with Crippen molar-refractivity contribution in [2.75, 3.05) is 25.3 Å². The fourth-order valence-electron chi connectivity index (χ4n) is 2.59. The maximum Gasteiger partial charge on any atom is 0.308 e. The number of fused-ring (bicyclic) bond motifs is 1. The molecule has 1 aliphatic heterocycles. The van der Waals surface area contributed by atoms with Gasteiger partial charge >= 0.3 is 5.97 Å². The first-order chi connectivity index (χ1) is 13.5. The Morgan fingerprint density at radius 3 is 2.68 bits per heavy atom. The van der Waals surface area contributed by atoms with Crippen LogP contribution >= 0.6 is 0 Å². The molecule has 1 aliphatic rings. The number of nitrogens with one attached hydrogen (secondary N) is 2. The van der Waals surface area contributed by atoms with E-state index in [1.54, 1.807) is 30.3 Å². The predicted molar refractivity (Wildman–Crippen MR) is 100 cm³/mol. The van der Waals surface area contributed by atoms with Crippen molar-refractivity contribution in [3.8, 4) is 11.5 Å². The first-order valence-corrected chi connectivity index (χ1v) is 8.72. The zero-order chi connectivity index (χ0) is 19.9. The molecule has 8 heteroatoms. The molecule has 0 unspecified atom stereocenters. The van der Waals surface area contributed by atoms with Crippen molar-refractivity contribution in [1.82, 2.24) is 5.32 Å². The van der Waals surface area contributed by atoms with Gasteiger partial charge in [0.1, 0.15) is 0 Å². The Labute approximate surface area is 161 Å². The molecule has 0 saturated carbocycles. The number of carbonyl (C=O) groups is 3. The molecule has 2 aromatic rings. The van der Waals surface area contributed by atoms with Gasteiger partial charge in [0.15, 0.2) is 18.1 Å². The molecule has 2 amide bonds. The maximum absolute atomic E-state index is 12.1. The number of rotatable bonds is 7. The largest absolute Gasteiger partial charge is 0.456 e. The summed E-state index contributed by atoms with van der Waals surface area (Å²) in [6.07, 6.45) is -0.0328. The Bertz CT molecular complexity index is 896. The highest BCUT2D eigenvalue weighted by atomic mass is 16.7. The van der Waals surface area contributed by atoms with Gasteiger partial charge in [0.05, 0.1) is 6.42 Å². The molecule has 0 aromatic heterocycles. The third-order valence-electron chi connectivity index (χ3n) is 4.02. The van der Waals surface area contributed by atoms with Gasteiger partial charge in [-0.05, 0) is 30.7 Å². The lowest BCUT2D eigenvalue weighted by Gasteiger charge is -2.09. The van der Waals surface area contributed by atoms with Gasteiger partial charge in [-0.3, -0.25) is 14.4 Å². The monoisotopic (exact) mass is 384 g/mol. The number of carbonyl (C=O) groups excluding carboxylic acids is 3. The quantitative estimate of drug-likeness (QED) is 0.708. The Morgan fingerprint density at radius 2 is 1.86 bits per heavy atom. The Morgan fingerprint density at radius 1 is 1.07 bits per heavy atom. The van der Waals surface area contributed by atoms with Gasteiger partial charge in [-0.25, -0.2) is 0 Å². The highest BCUT2D eigenvalue weighted by Crippen LogP contribution is 2.34. The van der Waals surface area contributed by atoms with Crippen LogP contribution in [0.5, 0.6) is 11.5 Å². The molecule has 0 bridgehead atoms. The van der Waals surface area contributed by atoms with Crippen molar-refractivity contribution in [3.05, 3.63) is 53.6 Å². The van der Waals surface area contributed by atoms with Crippen molar-refractivity contribution < 1.29 is 28.6 Å². The second kappa shape index (κ2) is 8.90. The van der Waals surface area contributed by atoms with E-state index in [0.717, 1.165) is 5.56 Å². The zero-order valence-electron chi connectivity index (χ0n) is 15.3. The molecule has 2 aromatic carbocycles. The molecule has 0 aliphatic carbocycles. The van der Waals surface area contributed by atoms with Crippen LogP contribution in [0.3, 0.4) is 0 Å². The summed E-state index contributed by atoms with van der Waals surface area (Å²) in [4.78, 5) is 35.7. The topological polar surface area (TPSA) is 103 Å². The van der Waals surface area contributed by atoms with Crippen LogP contribution in [0.15, 0.2) is 42.5 Å². The standard InChI is InChI=1S/C20H20N2O6/c1-13-4-2-3-5-15(13)20(25)21-9-8-19(24)26-11-18(23)22-14-6-7-16-17(10-14)28-12-27-16/h2-7,10H,8-9,11-12H2,1H3,(H,21,25)(H,22,23). The summed E-state index contributed by atoms with van der Waals surface area (Å²) in [5, 5.41) is 5.26. The average Bonchev–Trinajstić information content (AvgIpc) is 3.14. The maximum atomic E-state index is 12.1. The van der Waals surface area contributed by atoms with Gasteiger partial charge in [0.2, 0.25) is 6.79 Å². The summed E-state index contributed by atoms with van der Waals surface area (Å²) in [5.74, 6) is -0.162. The van der Waals surface area contributed by atoms with Crippen LogP contribution in [0.25, 0.3) is 0 Å². The zero-order valence-corrected chi connectivity index (χ0v) is 15.3.